The van der Waals surface area contributed by atoms with Crippen molar-refractivity contribution in [3.63, 3.8) is 0 Å². The molecular formula is C25H21N5O5. The summed E-state index contributed by atoms with van der Waals surface area (Å²) in [6.45, 7) is 0.705. The van der Waals surface area contributed by atoms with Gasteiger partial charge >= 0.3 is 0 Å². The van der Waals surface area contributed by atoms with E-state index in [1.807, 2.05) is 42.5 Å². The SMILES string of the molecule is O=C1CCC(N2C(=O)C3=C(C2=O)N(Cc2nc(-c4ccc5ccccc5c4)no2)CCC3)C(=O)N1. The molecule has 0 radical (unpaired) electrons. The van der Waals surface area contributed by atoms with Crippen molar-refractivity contribution in [3.8, 4) is 11.4 Å². The van der Waals surface area contributed by atoms with Crippen molar-refractivity contribution < 1.29 is 23.7 Å². The second kappa shape index (κ2) is 8.15. The molecule has 1 unspecified atom stereocenters. The van der Waals surface area contributed by atoms with E-state index < -0.39 is 29.7 Å². The summed E-state index contributed by atoms with van der Waals surface area (Å²) in [4.78, 5) is 57.5. The van der Waals surface area contributed by atoms with Crippen molar-refractivity contribution in [1.82, 2.24) is 25.3 Å². The molecule has 4 amide bonds. The average Bonchev–Trinajstić information content (AvgIpc) is 3.42. The standard InChI is InChI=1S/C25H21N5O5/c31-19-10-9-18(23(32)26-19)30-24(33)17-6-3-11-29(21(17)25(30)34)13-20-27-22(28-35-20)16-8-7-14-4-1-2-5-15(14)12-16/h1-2,4-5,7-8,12,18H,3,6,9-11,13H2,(H,26,31,32). The molecule has 3 aliphatic rings. The van der Waals surface area contributed by atoms with Gasteiger partial charge in [-0.05, 0) is 36.1 Å². The molecule has 0 aliphatic carbocycles. The van der Waals surface area contributed by atoms with Crippen LogP contribution in [0.25, 0.3) is 22.2 Å². The molecule has 1 saturated heterocycles. The van der Waals surface area contributed by atoms with Crippen LogP contribution < -0.4 is 5.32 Å². The monoisotopic (exact) mass is 471 g/mol. The van der Waals surface area contributed by atoms with E-state index in [-0.39, 0.29) is 25.1 Å². The molecule has 1 fully saturated rings. The summed E-state index contributed by atoms with van der Waals surface area (Å²) >= 11 is 0. The Morgan fingerprint density at radius 1 is 1.00 bits per heavy atom. The number of amides is 4. The van der Waals surface area contributed by atoms with E-state index in [0.29, 0.717) is 36.7 Å². The van der Waals surface area contributed by atoms with Crippen LogP contribution in [0.5, 0.6) is 0 Å². The van der Waals surface area contributed by atoms with E-state index in [1.54, 1.807) is 4.90 Å². The average molecular weight is 471 g/mol. The Morgan fingerprint density at radius 3 is 2.66 bits per heavy atom. The first kappa shape index (κ1) is 21.2. The zero-order valence-electron chi connectivity index (χ0n) is 18.7. The minimum Gasteiger partial charge on any atom is -0.357 e. The zero-order valence-corrected chi connectivity index (χ0v) is 18.7. The third-order valence-electron chi connectivity index (χ3n) is 6.68. The van der Waals surface area contributed by atoms with Crippen LogP contribution >= 0.6 is 0 Å². The maximum Gasteiger partial charge on any atom is 0.278 e. The molecular weight excluding hydrogens is 450 g/mol. The lowest BCUT2D eigenvalue weighted by molar-refractivity contribution is -0.150. The number of nitrogens with one attached hydrogen (secondary N) is 1. The molecule has 4 heterocycles. The van der Waals surface area contributed by atoms with E-state index in [4.69, 9.17) is 4.52 Å². The number of hydrogen-bond donors (Lipinski definition) is 1. The number of nitrogens with zero attached hydrogens (tertiary/aromatic N) is 4. The molecule has 1 atom stereocenters. The zero-order chi connectivity index (χ0) is 24.1. The minimum atomic E-state index is -0.983. The minimum absolute atomic E-state index is 0.0847. The number of imide groups is 2. The molecule has 2 aromatic carbocycles. The Hall–Kier alpha value is -4.34. The maximum absolute atomic E-state index is 13.3. The summed E-state index contributed by atoms with van der Waals surface area (Å²) in [6.07, 6.45) is 1.34. The fourth-order valence-electron chi connectivity index (χ4n) is 4.99. The maximum atomic E-state index is 13.3. The Kier molecular flexibility index (Phi) is 4.94. The highest BCUT2D eigenvalue weighted by Gasteiger charge is 2.48. The van der Waals surface area contributed by atoms with Crippen LogP contribution in [-0.4, -0.2) is 56.2 Å². The lowest BCUT2D eigenvalue weighted by atomic mass is 10.0. The fourth-order valence-corrected chi connectivity index (χ4v) is 4.99. The highest BCUT2D eigenvalue weighted by Crippen LogP contribution is 2.34. The van der Waals surface area contributed by atoms with Gasteiger partial charge in [0.15, 0.2) is 0 Å². The number of hydrogen-bond acceptors (Lipinski definition) is 8. The molecule has 0 saturated carbocycles. The normalized spacial score (nSPS) is 20.6. The topological polar surface area (TPSA) is 126 Å². The number of rotatable bonds is 4. The van der Waals surface area contributed by atoms with Crippen LogP contribution in [0, 0.1) is 0 Å². The molecule has 6 rings (SSSR count). The van der Waals surface area contributed by atoms with Gasteiger partial charge in [-0.2, -0.15) is 4.98 Å². The molecule has 1 N–H and O–H groups in total. The highest BCUT2D eigenvalue weighted by atomic mass is 16.5. The first-order chi connectivity index (χ1) is 17.0. The van der Waals surface area contributed by atoms with Crippen LogP contribution in [0.15, 0.2) is 58.3 Å². The van der Waals surface area contributed by atoms with Gasteiger partial charge in [0.05, 0.1) is 6.54 Å². The number of piperidine rings is 1. The van der Waals surface area contributed by atoms with Crippen LogP contribution in [0.1, 0.15) is 31.6 Å². The smallest absolute Gasteiger partial charge is 0.278 e. The Bertz CT molecular complexity index is 1440. The number of carbonyl (C=O) groups is 4. The predicted molar refractivity (Wildman–Crippen MR) is 122 cm³/mol. The van der Waals surface area contributed by atoms with Gasteiger partial charge in [-0.1, -0.05) is 41.6 Å². The van der Waals surface area contributed by atoms with E-state index in [0.717, 1.165) is 21.2 Å². The summed E-state index contributed by atoms with van der Waals surface area (Å²) in [6, 6.07) is 12.9. The van der Waals surface area contributed by atoms with Crippen molar-refractivity contribution in [2.45, 2.75) is 38.3 Å². The van der Waals surface area contributed by atoms with Crippen molar-refractivity contribution in [3.05, 3.63) is 59.6 Å². The van der Waals surface area contributed by atoms with E-state index >= 15 is 0 Å². The van der Waals surface area contributed by atoms with Gasteiger partial charge in [-0.15, -0.1) is 0 Å². The van der Waals surface area contributed by atoms with Crippen molar-refractivity contribution in [1.29, 1.82) is 0 Å². The quantitative estimate of drug-likeness (QED) is 0.572. The second-order valence-corrected chi connectivity index (χ2v) is 8.87. The first-order valence-electron chi connectivity index (χ1n) is 11.5. The lowest BCUT2D eigenvalue weighted by Gasteiger charge is -2.29. The molecule has 176 valence electrons. The van der Waals surface area contributed by atoms with Gasteiger partial charge in [-0.3, -0.25) is 29.4 Å². The van der Waals surface area contributed by atoms with Gasteiger partial charge in [0.25, 0.3) is 11.8 Å². The van der Waals surface area contributed by atoms with Crippen molar-refractivity contribution in [2.75, 3.05) is 6.54 Å². The molecule has 0 spiro atoms. The fraction of sp³-hybridized carbons (Fsp3) is 0.280. The first-order valence-corrected chi connectivity index (χ1v) is 11.5. The Balaban J connectivity index is 1.24. The van der Waals surface area contributed by atoms with Crippen LogP contribution in [0.4, 0.5) is 0 Å². The molecule has 3 aliphatic heterocycles. The molecule has 3 aromatic rings. The van der Waals surface area contributed by atoms with Crippen molar-refractivity contribution >= 4 is 34.4 Å². The lowest BCUT2D eigenvalue weighted by Crippen LogP contribution is -2.55. The van der Waals surface area contributed by atoms with Crippen LogP contribution in [0.2, 0.25) is 0 Å². The third kappa shape index (κ3) is 3.58. The highest BCUT2D eigenvalue weighted by molar-refractivity contribution is 6.21. The van der Waals surface area contributed by atoms with Gasteiger partial charge in [0, 0.05) is 24.1 Å². The predicted octanol–water partition coefficient (Wildman–Crippen LogP) is 1.91. The number of aromatic nitrogens is 2. The molecule has 1 aromatic heterocycles. The van der Waals surface area contributed by atoms with Crippen molar-refractivity contribution in [2.24, 2.45) is 0 Å². The van der Waals surface area contributed by atoms with E-state index in [2.05, 4.69) is 15.5 Å². The summed E-state index contributed by atoms with van der Waals surface area (Å²) in [7, 11) is 0. The molecule has 0 bridgehead atoms. The van der Waals surface area contributed by atoms with Gasteiger partial charge in [-0.25, -0.2) is 0 Å². The largest absolute Gasteiger partial charge is 0.357 e. The number of fused-ring (bicyclic) bond motifs is 1. The van der Waals surface area contributed by atoms with Gasteiger partial charge < -0.3 is 9.42 Å². The Morgan fingerprint density at radius 2 is 1.83 bits per heavy atom. The third-order valence-corrected chi connectivity index (χ3v) is 6.68. The Labute approximate surface area is 199 Å². The summed E-state index contributed by atoms with van der Waals surface area (Å²) in [5, 5.41) is 8.50. The van der Waals surface area contributed by atoms with Gasteiger partial charge in [0.1, 0.15) is 11.7 Å². The molecule has 35 heavy (non-hydrogen) atoms. The number of benzene rings is 2. The van der Waals surface area contributed by atoms with E-state index in [1.165, 1.54) is 0 Å². The summed E-state index contributed by atoms with van der Waals surface area (Å²) in [5.74, 6) is -1.24. The molecule has 10 nitrogen and oxygen atoms in total. The van der Waals surface area contributed by atoms with E-state index in [9.17, 15) is 19.2 Å². The van der Waals surface area contributed by atoms with Crippen LogP contribution in [0.3, 0.4) is 0 Å². The van der Waals surface area contributed by atoms with Gasteiger partial charge in [0.2, 0.25) is 23.5 Å². The second-order valence-electron chi connectivity index (χ2n) is 8.87. The number of carbonyl (C=O) groups excluding carboxylic acids is 4. The van der Waals surface area contributed by atoms with Crippen LogP contribution in [-0.2, 0) is 25.7 Å². The molecule has 10 heteroatoms. The summed E-state index contributed by atoms with van der Waals surface area (Å²) in [5.41, 5.74) is 1.48. The summed E-state index contributed by atoms with van der Waals surface area (Å²) < 4.78 is 5.48.